The van der Waals surface area contributed by atoms with Gasteiger partial charge in [-0.3, -0.25) is 14.5 Å². The van der Waals surface area contributed by atoms with Crippen LogP contribution in [-0.2, 0) is 16.1 Å². The molecule has 2 N–H and O–H groups in total. The molecular formula is C13H16N2O3. The molecule has 96 valence electrons. The summed E-state index contributed by atoms with van der Waals surface area (Å²) in [6, 6.07) is 4.95. The quantitative estimate of drug-likeness (QED) is 0.795. The first kappa shape index (κ1) is 12.6. The van der Waals surface area contributed by atoms with Crippen molar-refractivity contribution in [1.29, 1.82) is 0 Å². The number of ether oxygens (including phenoxy) is 1. The SMILES string of the molecule is COc1ccc(C)cc1CN1C(=O)CC(N)C1=O. The highest BCUT2D eigenvalue weighted by atomic mass is 16.5. The predicted octanol–water partition coefficient (Wildman–Crippen LogP) is 0.590. The zero-order valence-electron chi connectivity index (χ0n) is 10.5. The van der Waals surface area contributed by atoms with Crippen LogP contribution >= 0.6 is 0 Å². The zero-order valence-corrected chi connectivity index (χ0v) is 10.5. The highest BCUT2D eigenvalue weighted by Gasteiger charge is 2.36. The molecule has 0 radical (unpaired) electrons. The highest BCUT2D eigenvalue weighted by molar-refractivity contribution is 6.05. The number of benzene rings is 1. The highest BCUT2D eigenvalue weighted by Crippen LogP contribution is 2.23. The molecule has 0 saturated carbocycles. The fourth-order valence-corrected chi connectivity index (χ4v) is 2.08. The Kier molecular flexibility index (Phi) is 3.34. The summed E-state index contributed by atoms with van der Waals surface area (Å²) in [6.45, 7) is 2.17. The molecule has 1 fully saturated rings. The van der Waals surface area contributed by atoms with E-state index in [-0.39, 0.29) is 24.8 Å². The van der Waals surface area contributed by atoms with Gasteiger partial charge in [0.1, 0.15) is 5.75 Å². The summed E-state index contributed by atoms with van der Waals surface area (Å²) in [4.78, 5) is 24.6. The van der Waals surface area contributed by atoms with E-state index in [0.29, 0.717) is 5.75 Å². The zero-order chi connectivity index (χ0) is 13.3. The van der Waals surface area contributed by atoms with Gasteiger partial charge in [-0.2, -0.15) is 0 Å². The molecule has 5 heteroatoms. The molecule has 0 spiro atoms. The fraction of sp³-hybridized carbons (Fsp3) is 0.385. The number of carbonyl (C=O) groups is 2. The molecule has 1 aromatic carbocycles. The van der Waals surface area contributed by atoms with Crippen LogP contribution in [0.3, 0.4) is 0 Å². The van der Waals surface area contributed by atoms with Gasteiger partial charge in [0, 0.05) is 5.56 Å². The van der Waals surface area contributed by atoms with E-state index in [1.54, 1.807) is 7.11 Å². The van der Waals surface area contributed by atoms with E-state index in [4.69, 9.17) is 10.5 Å². The summed E-state index contributed by atoms with van der Waals surface area (Å²) in [5.41, 5.74) is 7.43. The van der Waals surface area contributed by atoms with Crippen molar-refractivity contribution in [3.8, 4) is 5.75 Å². The second kappa shape index (κ2) is 4.78. The molecule has 0 bridgehead atoms. The average Bonchev–Trinajstić information content (AvgIpc) is 2.56. The molecule has 1 atom stereocenters. The third-order valence-electron chi connectivity index (χ3n) is 3.04. The van der Waals surface area contributed by atoms with Gasteiger partial charge in [-0.1, -0.05) is 17.7 Å². The minimum Gasteiger partial charge on any atom is -0.496 e. The summed E-state index contributed by atoms with van der Waals surface area (Å²) in [6.07, 6.45) is 0.0902. The Morgan fingerprint density at radius 3 is 2.72 bits per heavy atom. The van der Waals surface area contributed by atoms with Gasteiger partial charge in [0.15, 0.2) is 0 Å². The van der Waals surface area contributed by atoms with Crippen molar-refractivity contribution in [2.24, 2.45) is 5.73 Å². The van der Waals surface area contributed by atoms with Crippen LogP contribution in [0.5, 0.6) is 5.75 Å². The van der Waals surface area contributed by atoms with Crippen molar-refractivity contribution in [1.82, 2.24) is 4.90 Å². The monoisotopic (exact) mass is 248 g/mol. The Morgan fingerprint density at radius 2 is 2.17 bits per heavy atom. The van der Waals surface area contributed by atoms with E-state index in [9.17, 15) is 9.59 Å². The van der Waals surface area contributed by atoms with Gasteiger partial charge < -0.3 is 10.5 Å². The molecule has 1 aliphatic rings. The Labute approximate surface area is 106 Å². The van der Waals surface area contributed by atoms with Crippen molar-refractivity contribution in [3.63, 3.8) is 0 Å². The summed E-state index contributed by atoms with van der Waals surface area (Å²) in [5.74, 6) is 0.126. The standard InChI is InChI=1S/C13H16N2O3/c1-8-3-4-11(18-2)9(5-8)7-15-12(16)6-10(14)13(15)17/h3-5,10H,6-7,14H2,1-2H3. The average molecular weight is 248 g/mol. The van der Waals surface area contributed by atoms with Gasteiger partial charge >= 0.3 is 0 Å². The lowest BCUT2D eigenvalue weighted by Crippen LogP contribution is -2.34. The van der Waals surface area contributed by atoms with Gasteiger partial charge in [-0.25, -0.2) is 0 Å². The second-order valence-corrected chi connectivity index (χ2v) is 4.44. The van der Waals surface area contributed by atoms with Crippen LogP contribution in [0.4, 0.5) is 0 Å². The normalized spacial score (nSPS) is 19.5. The van der Waals surface area contributed by atoms with E-state index in [0.717, 1.165) is 11.1 Å². The van der Waals surface area contributed by atoms with Gasteiger partial charge in [-0.05, 0) is 13.0 Å². The first-order valence-corrected chi connectivity index (χ1v) is 5.76. The Hall–Kier alpha value is -1.88. The van der Waals surface area contributed by atoms with Crippen LogP contribution in [0, 0.1) is 6.92 Å². The maximum absolute atomic E-state index is 11.7. The molecule has 1 aliphatic heterocycles. The van der Waals surface area contributed by atoms with E-state index in [2.05, 4.69) is 0 Å². The summed E-state index contributed by atoms with van der Waals surface area (Å²) < 4.78 is 5.23. The smallest absolute Gasteiger partial charge is 0.246 e. The number of aryl methyl sites for hydroxylation is 1. The number of carbonyl (C=O) groups excluding carboxylic acids is 2. The maximum atomic E-state index is 11.7. The van der Waals surface area contributed by atoms with E-state index >= 15 is 0 Å². The lowest BCUT2D eigenvalue weighted by molar-refractivity contribution is -0.139. The molecule has 2 amide bonds. The van der Waals surface area contributed by atoms with Crippen molar-refractivity contribution in [3.05, 3.63) is 29.3 Å². The maximum Gasteiger partial charge on any atom is 0.246 e. The van der Waals surface area contributed by atoms with Gasteiger partial charge in [0.25, 0.3) is 0 Å². The van der Waals surface area contributed by atoms with E-state index in [1.165, 1.54) is 4.90 Å². The van der Waals surface area contributed by atoms with Gasteiger partial charge in [0.2, 0.25) is 11.8 Å². The molecule has 0 aromatic heterocycles. The Morgan fingerprint density at radius 1 is 1.44 bits per heavy atom. The molecule has 2 rings (SSSR count). The van der Waals surface area contributed by atoms with Gasteiger partial charge in [-0.15, -0.1) is 0 Å². The first-order chi connectivity index (χ1) is 8.52. The minimum absolute atomic E-state index is 0.0902. The number of hydrogen-bond acceptors (Lipinski definition) is 4. The van der Waals surface area contributed by atoms with Crippen LogP contribution in [0.1, 0.15) is 17.5 Å². The van der Waals surface area contributed by atoms with Crippen molar-refractivity contribution in [2.75, 3.05) is 7.11 Å². The third-order valence-corrected chi connectivity index (χ3v) is 3.04. The largest absolute Gasteiger partial charge is 0.496 e. The van der Waals surface area contributed by atoms with E-state index in [1.807, 2.05) is 25.1 Å². The number of nitrogens with two attached hydrogens (primary N) is 1. The number of methoxy groups -OCH3 is 1. The molecule has 5 nitrogen and oxygen atoms in total. The van der Waals surface area contributed by atoms with Crippen molar-refractivity contribution >= 4 is 11.8 Å². The number of likely N-dealkylation sites (tertiary alicyclic amines) is 1. The van der Waals surface area contributed by atoms with Crippen LogP contribution in [0.2, 0.25) is 0 Å². The van der Waals surface area contributed by atoms with Crippen molar-refractivity contribution in [2.45, 2.75) is 25.9 Å². The van der Waals surface area contributed by atoms with Crippen LogP contribution in [-0.4, -0.2) is 29.9 Å². The number of nitrogens with zero attached hydrogens (tertiary/aromatic N) is 1. The van der Waals surface area contributed by atoms with Crippen molar-refractivity contribution < 1.29 is 14.3 Å². The van der Waals surface area contributed by atoms with Gasteiger partial charge in [0.05, 0.1) is 26.1 Å². The number of rotatable bonds is 3. The lowest BCUT2D eigenvalue weighted by Gasteiger charge is -2.16. The minimum atomic E-state index is -0.701. The lowest BCUT2D eigenvalue weighted by atomic mass is 10.1. The first-order valence-electron chi connectivity index (χ1n) is 5.76. The van der Waals surface area contributed by atoms with Crippen LogP contribution in [0.25, 0.3) is 0 Å². The fourth-order valence-electron chi connectivity index (χ4n) is 2.08. The molecule has 1 saturated heterocycles. The topological polar surface area (TPSA) is 72.6 Å². The number of hydrogen-bond donors (Lipinski definition) is 1. The van der Waals surface area contributed by atoms with E-state index < -0.39 is 6.04 Å². The Balaban J connectivity index is 2.26. The molecule has 1 heterocycles. The number of imide groups is 1. The summed E-state index contributed by atoms with van der Waals surface area (Å²) in [7, 11) is 1.56. The third kappa shape index (κ3) is 2.22. The predicted molar refractivity (Wildman–Crippen MR) is 65.9 cm³/mol. The molecule has 1 unspecified atom stereocenters. The molecule has 0 aliphatic carbocycles. The second-order valence-electron chi connectivity index (χ2n) is 4.44. The van der Waals surface area contributed by atoms with Crippen LogP contribution in [0.15, 0.2) is 18.2 Å². The Bertz CT molecular complexity index is 499. The molecule has 1 aromatic rings. The van der Waals surface area contributed by atoms with Crippen LogP contribution < -0.4 is 10.5 Å². The number of amides is 2. The summed E-state index contributed by atoms with van der Waals surface area (Å²) in [5, 5.41) is 0. The molecule has 18 heavy (non-hydrogen) atoms. The summed E-state index contributed by atoms with van der Waals surface area (Å²) >= 11 is 0. The molecular weight excluding hydrogens is 232 g/mol.